The first-order valence-corrected chi connectivity index (χ1v) is 6.09. The Morgan fingerprint density at radius 2 is 1.63 bits per heavy atom. The molecule has 0 aliphatic heterocycles. The van der Waals surface area contributed by atoms with Crippen LogP contribution in [0.5, 0.6) is 0 Å². The molecule has 0 atom stereocenters. The molecule has 0 spiro atoms. The van der Waals surface area contributed by atoms with Crippen LogP contribution in [0.15, 0.2) is 30.3 Å². The zero-order valence-electron chi connectivity index (χ0n) is 10.3. The van der Waals surface area contributed by atoms with Gasteiger partial charge in [0.15, 0.2) is 0 Å². The van der Waals surface area contributed by atoms with Gasteiger partial charge in [0.25, 0.3) is 0 Å². The zero-order valence-corrected chi connectivity index (χ0v) is 11.1. The van der Waals surface area contributed by atoms with Gasteiger partial charge >= 0.3 is 5.97 Å². The first kappa shape index (κ1) is 15.6. The van der Waals surface area contributed by atoms with Crippen LogP contribution in [0.1, 0.15) is 5.56 Å². The van der Waals surface area contributed by atoms with Gasteiger partial charge in [-0.2, -0.15) is 0 Å². The molecule has 0 bridgehead atoms. The molecule has 104 valence electrons. The second-order valence-corrected chi connectivity index (χ2v) is 4.03. The summed E-state index contributed by atoms with van der Waals surface area (Å²) in [7, 11) is 0. The van der Waals surface area contributed by atoms with Crippen molar-refractivity contribution < 1.29 is 23.8 Å². The summed E-state index contributed by atoms with van der Waals surface area (Å²) < 4.78 is 14.9. The molecule has 1 aromatic carbocycles. The van der Waals surface area contributed by atoms with Gasteiger partial charge in [-0.15, -0.1) is 0 Å². The maximum Gasteiger partial charge on any atom is 0.332 e. The smallest absolute Gasteiger partial charge is 0.332 e. The van der Waals surface area contributed by atoms with Gasteiger partial charge in [0.05, 0.1) is 13.2 Å². The normalized spacial score (nSPS) is 10.2. The predicted molar refractivity (Wildman–Crippen MR) is 68.7 cm³/mol. The van der Waals surface area contributed by atoms with Gasteiger partial charge in [0, 0.05) is 0 Å². The average Bonchev–Trinajstić information content (AvgIpc) is 2.41. The van der Waals surface area contributed by atoms with E-state index < -0.39 is 11.2 Å². The van der Waals surface area contributed by atoms with Gasteiger partial charge in [-0.1, -0.05) is 30.3 Å². The van der Waals surface area contributed by atoms with E-state index in [2.05, 4.69) is 0 Å². The van der Waals surface area contributed by atoms with Crippen molar-refractivity contribution in [2.45, 2.75) is 6.61 Å². The van der Waals surface area contributed by atoms with E-state index in [1.54, 1.807) is 0 Å². The van der Waals surface area contributed by atoms with Crippen LogP contribution < -0.4 is 0 Å². The van der Waals surface area contributed by atoms with Crippen molar-refractivity contribution >= 4 is 22.8 Å². The lowest BCUT2D eigenvalue weighted by molar-refractivity contribution is -0.151. The van der Waals surface area contributed by atoms with E-state index >= 15 is 0 Å². The van der Waals surface area contributed by atoms with Crippen molar-refractivity contribution in [3.8, 4) is 0 Å². The molecule has 6 heteroatoms. The fourth-order valence-electron chi connectivity index (χ4n) is 1.21. The molecule has 0 fully saturated rings. The number of hydrogen-bond donors (Lipinski definition) is 0. The van der Waals surface area contributed by atoms with Crippen LogP contribution >= 0.6 is 11.6 Å². The Hall–Kier alpha value is -1.43. The van der Waals surface area contributed by atoms with Crippen LogP contribution in [0.3, 0.4) is 0 Å². The number of benzene rings is 1. The van der Waals surface area contributed by atoms with Crippen molar-refractivity contribution in [3.05, 3.63) is 35.9 Å². The molecule has 19 heavy (non-hydrogen) atoms. The predicted octanol–water partition coefficient (Wildman–Crippen LogP) is 1.53. The maximum absolute atomic E-state index is 11.3. The summed E-state index contributed by atoms with van der Waals surface area (Å²) in [6.07, 6.45) is 0. The minimum Gasteiger partial charge on any atom is -0.459 e. The monoisotopic (exact) mass is 286 g/mol. The highest BCUT2D eigenvalue weighted by atomic mass is 35.5. The van der Waals surface area contributed by atoms with E-state index in [4.69, 9.17) is 25.8 Å². The van der Waals surface area contributed by atoms with Crippen molar-refractivity contribution in [2.24, 2.45) is 0 Å². The Morgan fingerprint density at radius 1 is 1.00 bits per heavy atom. The number of carbonyl (C=O) groups is 2. The minimum absolute atomic E-state index is 0.148. The average molecular weight is 287 g/mol. The zero-order chi connectivity index (χ0) is 13.9. The van der Waals surface area contributed by atoms with E-state index in [1.807, 2.05) is 30.3 Å². The van der Waals surface area contributed by atoms with Crippen molar-refractivity contribution in [3.63, 3.8) is 0 Å². The van der Waals surface area contributed by atoms with Crippen LogP contribution in [0.2, 0.25) is 0 Å². The highest BCUT2D eigenvalue weighted by Gasteiger charge is 2.03. The molecule has 0 saturated carbocycles. The molecule has 0 aliphatic rings. The molecule has 0 unspecified atom stereocenters. The van der Waals surface area contributed by atoms with E-state index in [0.717, 1.165) is 5.56 Å². The third kappa shape index (κ3) is 8.31. The topological polar surface area (TPSA) is 61.8 Å². The molecule has 0 radical (unpaired) electrons. The molecule has 1 aromatic rings. The Kier molecular flexibility index (Phi) is 7.81. The van der Waals surface area contributed by atoms with Crippen molar-refractivity contribution in [2.75, 3.05) is 26.4 Å². The molecule has 0 saturated heterocycles. The largest absolute Gasteiger partial charge is 0.459 e. The van der Waals surface area contributed by atoms with Crippen LogP contribution in [0.25, 0.3) is 0 Å². The number of carbonyl (C=O) groups excluding carboxylic acids is 2. The third-order valence-electron chi connectivity index (χ3n) is 2.05. The van der Waals surface area contributed by atoms with Gasteiger partial charge in [0.1, 0.15) is 19.8 Å². The number of hydrogen-bond acceptors (Lipinski definition) is 5. The quantitative estimate of drug-likeness (QED) is 0.391. The summed E-state index contributed by atoms with van der Waals surface area (Å²) in [5.74, 6) is -0.447. The molecular formula is C13H15ClO5. The number of rotatable bonds is 9. The first-order valence-electron chi connectivity index (χ1n) is 5.72. The van der Waals surface area contributed by atoms with Gasteiger partial charge in [0.2, 0.25) is 5.24 Å². The first-order chi connectivity index (χ1) is 9.18. The summed E-state index contributed by atoms with van der Waals surface area (Å²) in [5, 5.41) is -0.567. The third-order valence-corrected chi connectivity index (χ3v) is 2.16. The lowest BCUT2D eigenvalue weighted by Crippen LogP contribution is -2.15. The van der Waals surface area contributed by atoms with E-state index in [9.17, 15) is 9.59 Å². The van der Waals surface area contributed by atoms with Gasteiger partial charge in [-0.25, -0.2) is 4.79 Å². The number of ether oxygens (including phenoxy) is 3. The second kappa shape index (κ2) is 9.49. The van der Waals surface area contributed by atoms with Crippen LogP contribution in [0, 0.1) is 0 Å². The molecule has 0 amide bonds. The van der Waals surface area contributed by atoms with Gasteiger partial charge in [-0.05, 0) is 17.2 Å². The van der Waals surface area contributed by atoms with Crippen molar-refractivity contribution in [1.82, 2.24) is 0 Å². The Labute approximate surface area is 116 Å². The summed E-state index contributed by atoms with van der Waals surface area (Å²) in [6, 6.07) is 9.36. The minimum atomic E-state index is -0.567. The molecule has 1 rings (SSSR count). The maximum atomic E-state index is 11.3. The number of esters is 1. The van der Waals surface area contributed by atoms with Crippen LogP contribution in [0.4, 0.5) is 0 Å². The fraction of sp³-hybridized carbons (Fsp3) is 0.385. The summed E-state index contributed by atoms with van der Waals surface area (Å²) in [6.45, 7) is 0.309. The van der Waals surface area contributed by atoms with Crippen LogP contribution in [-0.4, -0.2) is 37.6 Å². The molecular weight excluding hydrogens is 272 g/mol. The molecule has 0 aromatic heterocycles. The van der Waals surface area contributed by atoms with E-state index in [1.165, 1.54) is 0 Å². The fourth-order valence-corrected chi connectivity index (χ4v) is 1.28. The highest BCUT2D eigenvalue weighted by Crippen LogP contribution is 2.00. The van der Waals surface area contributed by atoms with Crippen LogP contribution in [-0.2, 0) is 30.4 Å². The molecule has 0 heterocycles. The van der Waals surface area contributed by atoms with Crippen molar-refractivity contribution in [1.29, 1.82) is 0 Å². The lowest BCUT2D eigenvalue weighted by atomic mass is 10.2. The Balaban J connectivity index is 2.01. The standard InChI is InChI=1S/C13H15ClO5/c14-12(15)9-17-6-7-18-10-13(16)19-8-11-4-2-1-3-5-11/h1-5H,6-10H2. The summed E-state index contributed by atoms with van der Waals surface area (Å²) in [4.78, 5) is 21.6. The molecule has 5 nitrogen and oxygen atoms in total. The lowest BCUT2D eigenvalue weighted by Gasteiger charge is -2.06. The summed E-state index contributed by atoms with van der Waals surface area (Å²) in [5.41, 5.74) is 0.916. The SMILES string of the molecule is O=C(Cl)COCCOCC(=O)OCc1ccccc1. The second-order valence-electron chi connectivity index (χ2n) is 3.61. The van der Waals surface area contributed by atoms with E-state index in [-0.39, 0.29) is 33.0 Å². The molecule has 0 aliphatic carbocycles. The Morgan fingerprint density at radius 3 is 2.26 bits per heavy atom. The Bertz CT molecular complexity index is 393. The highest BCUT2D eigenvalue weighted by molar-refractivity contribution is 6.63. The van der Waals surface area contributed by atoms with E-state index in [0.29, 0.717) is 0 Å². The van der Waals surface area contributed by atoms with Gasteiger partial charge < -0.3 is 14.2 Å². The van der Waals surface area contributed by atoms with Gasteiger partial charge in [-0.3, -0.25) is 4.79 Å². The molecule has 0 N–H and O–H groups in total. The number of halogens is 1. The summed E-state index contributed by atoms with van der Waals surface area (Å²) >= 11 is 5.06.